The summed E-state index contributed by atoms with van der Waals surface area (Å²) in [6, 6.07) is 2.75. The first-order valence-corrected chi connectivity index (χ1v) is 13.0. The fraction of sp³-hybridized carbons (Fsp3) is 0.600. The van der Waals surface area contributed by atoms with Crippen LogP contribution < -0.4 is 5.32 Å². The highest BCUT2D eigenvalue weighted by molar-refractivity contribution is 7.97. The van der Waals surface area contributed by atoms with Crippen molar-refractivity contribution < 1.29 is 13.7 Å². The SMILES string of the molecule is Cc1ccc(F)c(C(NC(=O)C2CCN(Sc3c(C)noc3C)CC2)C2(C)CCCC2)c1Cl. The van der Waals surface area contributed by atoms with Crippen molar-refractivity contribution in [1.82, 2.24) is 14.8 Å². The lowest BCUT2D eigenvalue weighted by atomic mass is 9.76. The van der Waals surface area contributed by atoms with Crippen molar-refractivity contribution in [2.45, 2.75) is 77.2 Å². The van der Waals surface area contributed by atoms with Crippen LogP contribution in [0.25, 0.3) is 0 Å². The first-order chi connectivity index (χ1) is 15.7. The van der Waals surface area contributed by atoms with Crippen LogP contribution in [0, 0.1) is 37.9 Å². The van der Waals surface area contributed by atoms with Crippen LogP contribution >= 0.6 is 23.5 Å². The molecule has 2 aromatic rings. The molecule has 0 bridgehead atoms. The van der Waals surface area contributed by atoms with Crippen LogP contribution in [-0.2, 0) is 4.79 Å². The zero-order valence-corrected chi connectivity index (χ0v) is 21.4. The van der Waals surface area contributed by atoms with E-state index in [-0.39, 0.29) is 23.1 Å². The summed E-state index contributed by atoms with van der Waals surface area (Å²) in [5, 5.41) is 7.71. The van der Waals surface area contributed by atoms with Gasteiger partial charge in [0.1, 0.15) is 11.6 Å². The number of piperidine rings is 1. The van der Waals surface area contributed by atoms with Crippen molar-refractivity contribution in [3.63, 3.8) is 0 Å². The Kier molecular flexibility index (Phi) is 7.41. The minimum Gasteiger partial charge on any atom is -0.360 e. The smallest absolute Gasteiger partial charge is 0.223 e. The second kappa shape index (κ2) is 9.96. The predicted molar refractivity (Wildman–Crippen MR) is 130 cm³/mol. The summed E-state index contributed by atoms with van der Waals surface area (Å²) >= 11 is 8.25. The normalized spacial score (nSPS) is 20.2. The van der Waals surface area contributed by atoms with Crippen LogP contribution in [0.15, 0.2) is 21.6 Å². The Balaban J connectivity index is 1.47. The number of hydrogen-bond acceptors (Lipinski definition) is 5. The molecule has 8 heteroatoms. The molecular weight excluding hydrogens is 461 g/mol. The highest BCUT2D eigenvalue weighted by Gasteiger charge is 2.42. The maximum absolute atomic E-state index is 15.0. The second-order valence-electron chi connectivity index (χ2n) is 9.84. The van der Waals surface area contributed by atoms with Gasteiger partial charge in [0.05, 0.1) is 21.7 Å². The molecule has 0 spiro atoms. The van der Waals surface area contributed by atoms with Gasteiger partial charge in [0.15, 0.2) is 0 Å². The Bertz CT molecular complexity index is 994. The lowest BCUT2D eigenvalue weighted by Crippen LogP contribution is -2.44. The van der Waals surface area contributed by atoms with Gasteiger partial charge in [0, 0.05) is 24.6 Å². The molecule has 2 aliphatic rings. The Labute approximate surface area is 204 Å². The summed E-state index contributed by atoms with van der Waals surface area (Å²) in [7, 11) is 0. The van der Waals surface area contributed by atoms with Crippen LogP contribution in [0.2, 0.25) is 5.02 Å². The molecule has 1 N–H and O–H groups in total. The Hall–Kier alpha value is -1.57. The van der Waals surface area contributed by atoms with Gasteiger partial charge in [-0.05, 0) is 75.4 Å². The number of aromatic nitrogens is 1. The Morgan fingerprint density at radius 1 is 1.27 bits per heavy atom. The number of carbonyl (C=O) groups excluding carboxylic acids is 1. The first kappa shape index (κ1) is 24.6. The largest absolute Gasteiger partial charge is 0.360 e. The van der Waals surface area contributed by atoms with Crippen molar-refractivity contribution in [2.24, 2.45) is 11.3 Å². The topological polar surface area (TPSA) is 58.4 Å². The van der Waals surface area contributed by atoms with E-state index in [2.05, 4.69) is 21.7 Å². The third kappa shape index (κ3) is 5.10. The summed E-state index contributed by atoms with van der Waals surface area (Å²) in [5.41, 5.74) is 1.97. The van der Waals surface area contributed by atoms with E-state index in [0.29, 0.717) is 10.6 Å². The summed E-state index contributed by atoms with van der Waals surface area (Å²) < 4.78 is 22.6. The maximum Gasteiger partial charge on any atom is 0.223 e. The molecule has 180 valence electrons. The Morgan fingerprint density at radius 2 is 1.94 bits per heavy atom. The molecule has 1 unspecified atom stereocenters. The molecule has 1 aliphatic heterocycles. The van der Waals surface area contributed by atoms with Gasteiger partial charge < -0.3 is 9.84 Å². The highest BCUT2D eigenvalue weighted by Crippen LogP contribution is 2.49. The summed E-state index contributed by atoms with van der Waals surface area (Å²) in [5.74, 6) is 0.398. The van der Waals surface area contributed by atoms with E-state index in [4.69, 9.17) is 16.1 Å². The van der Waals surface area contributed by atoms with Crippen LogP contribution in [-0.4, -0.2) is 28.5 Å². The number of rotatable bonds is 6. The van der Waals surface area contributed by atoms with Crippen LogP contribution in [0.1, 0.15) is 74.1 Å². The van der Waals surface area contributed by atoms with E-state index < -0.39 is 6.04 Å². The number of benzene rings is 1. The summed E-state index contributed by atoms with van der Waals surface area (Å²) in [4.78, 5) is 14.4. The number of nitrogens with one attached hydrogen (secondary N) is 1. The molecule has 33 heavy (non-hydrogen) atoms. The summed E-state index contributed by atoms with van der Waals surface area (Å²) in [6.45, 7) is 9.50. The van der Waals surface area contributed by atoms with Gasteiger partial charge in [0.25, 0.3) is 0 Å². The first-order valence-electron chi connectivity index (χ1n) is 11.8. The molecule has 1 atom stereocenters. The molecule has 0 radical (unpaired) electrons. The fourth-order valence-electron chi connectivity index (χ4n) is 5.21. The lowest BCUT2D eigenvalue weighted by molar-refractivity contribution is -0.127. The number of carbonyl (C=O) groups is 1. The van der Waals surface area contributed by atoms with Crippen molar-refractivity contribution in [2.75, 3.05) is 13.1 Å². The number of hydrogen-bond donors (Lipinski definition) is 1. The van der Waals surface area contributed by atoms with E-state index in [1.165, 1.54) is 6.07 Å². The third-order valence-electron chi connectivity index (χ3n) is 7.35. The number of nitrogens with zero attached hydrogens (tertiary/aromatic N) is 2. The van der Waals surface area contributed by atoms with Gasteiger partial charge in [-0.3, -0.25) is 4.79 Å². The van der Waals surface area contributed by atoms with Gasteiger partial charge in [-0.2, -0.15) is 0 Å². The number of halogens is 2. The summed E-state index contributed by atoms with van der Waals surface area (Å²) in [6.07, 6.45) is 5.60. The molecule has 1 aromatic heterocycles. The van der Waals surface area contributed by atoms with Gasteiger partial charge >= 0.3 is 0 Å². The molecule has 4 rings (SSSR count). The predicted octanol–water partition coefficient (Wildman–Crippen LogP) is 6.55. The van der Waals surface area contributed by atoms with Crippen LogP contribution in [0.3, 0.4) is 0 Å². The van der Waals surface area contributed by atoms with Crippen molar-refractivity contribution in [1.29, 1.82) is 0 Å². The molecule has 1 aliphatic carbocycles. The van der Waals surface area contributed by atoms with E-state index in [9.17, 15) is 4.79 Å². The molecule has 2 fully saturated rings. The van der Waals surface area contributed by atoms with Crippen molar-refractivity contribution >= 4 is 29.5 Å². The second-order valence-corrected chi connectivity index (χ2v) is 11.3. The molecule has 1 aromatic carbocycles. The molecule has 5 nitrogen and oxygen atoms in total. The van der Waals surface area contributed by atoms with E-state index in [1.807, 2.05) is 20.8 Å². The fourth-order valence-corrected chi connectivity index (χ4v) is 6.46. The highest BCUT2D eigenvalue weighted by atomic mass is 35.5. The molecule has 2 heterocycles. The molecule has 1 amide bonds. The Morgan fingerprint density at radius 3 is 2.55 bits per heavy atom. The molecule has 1 saturated heterocycles. The van der Waals surface area contributed by atoms with Crippen LogP contribution in [0.5, 0.6) is 0 Å². The van der Waals surface area contributed by atoms with Gasteiger partial charge in [0.2, 0.25) is 5.91 Å². The number of amides is 1. The monoisotopic (exact) mass is 493 g/mol. The van der Waals surface area contributed by atoms with Gasteiger partial charge in [-0.25, -0.2) is 8.70 Å². The van der Waals surface area contributed by atoms with E-state index in [0.717, 1.165) is 73.5 Å². The van der Waals surface area contributed by atoms with E-state index in [1.54, 1.807) is 18.0 Å². The maximum atomic E-state index is 15.0. The van der Waals surface area contributed by atoms with Gasteiger partial charge in [-0.1, -0.05) is 42.6 Å². The standard InChI is InChI=1S/C25H33ClFN3O2S/c1-15-7-8-19(27)20(21(15)26)23(25(4)11-5-6-12-25)28-24(31)18-9-13-30(14-10-18)33-22-16(2)29-32-17(22)3/h7-8,18,23H,5-6,9-14H2,1-4H3,(H,28,31). The minimum atomic E-state index is -0.422. The van der Waals surface area contributed by atoms with Crippen LogP contribution in [0.4, 0.5) is 4.39 Å². The zero-order chi connectivity index (χ0) is 23.8. The average Bonchev–Trinajstić information content (AvgIpc) is 3.37. The van der Waals surface area contributed by atoms with Crippen molar-refractivity contribution in [3.05, 3.63) is 45.6 Å². The van der Waals surface area contributed by atoms with E-state index >= 15 is 4.39 Å². The van der Waals surface area contributed by atoms with Crippen molar-refractivity contribution in [3.8, 4) is 0 Å². The lowest BCUT2D eigenvalue weighted by Gasteiger charge is -2.38. The minimum absolute atomic E-state index is 0.00656. The molecule has 1 saturated carbocycles. The number of aryl methyl sites for hydroxylation is 3. The van der Waals surface area contributed by atoms with Gasteiger partial charge in [-0.15, -0.1) is 0 Å². The quantitative estimate of drug-likeness (QED) is 0.462. The third-order valence-corrected chi connectivity index (χ3v) is 9.24. The zero-order valence-electron chi connectivity index (χ0n) is 19.8. The average molecular weight is 494 g/mol. The molecular formula is C25H33ClFN3O2S.